The maximum atomic E-state index is 11.3. The fourth-order valence-corrected chi connectivity index (χ4v) is 1.28. The SMILES string of the molecule is CCC(C)(CO)CNCC(=O)NC1CC1. The summed E-state index contributed by atoms with van der Waals surface area (Å²) in [5.74, 6) is 0.0638. The Hall–Kier alpha value is -0.610. The van der Waals surface area contributed by atoms with Gasteiger partial charge < -0.3 is 15.7 Å². The summed E-state index contributed by atoms with van der Waals surface area (Å²) in [7, 11) is 0. The van der Waals surface area contributed by atoms with Crippen LogP contribution in [0.25, 0.3) is 0 Å². The monoisotopic (exact) mass is 214 g/mol. The summed E-state index contributed by atoms with van der Waals surface area (Å²) in [6, 6.07) is 0.426. The molecule has 0 aromatic heterocycles. The summed E-state index contributed by atoms with van der Waals surface area (Å²) in [6.45, 7) is 5.24. The predicted octanol–water partition coefficient (Wildman–Crippen LogP) is 0.263. The van der Waals surface area contributed by atoms with Crippen molar-refractivity contribution in [1.29, 1.82) is 0 Å². The molecule has 0 aromatic carbocycles. The molecule has 1 unspecified atom stereocenters. The summed E-state index contributed by atoms with van der Waals surface area (Å²) >= 11 is 0. The van der Waals surface area contributed by atoms with Crippen LogP contribution in [0.3, 0.4) is 0 Å². The van der Waals surface area contributed by atoms with Crippen molar-refractivity contribution in [3.05, 3.63) is 0 Å². The molecule has 1 rings (SSSR count). The number of carbonyl (C=O) groups is 1. The first-order valence-electron chi connectivity index (χ1n) is 5.70. The van der Waals surface area contributed by atoms with Crippen molar-refractivity contribution in [2.45, 2.75) is 39.2 Å². The van der Waals surface area contributed by atoms with E-state index < -0.39 is 0 Å². The van der Waals surface area contributed by atoms with Crippen molar-refractivity contribution in [3.8, 4) is 0 Å². The normalized spacial score (nSPS) is 19.7. The molecule has 0 heterocycles. The molecule has 1 amide bonds. The molecule has 1 aliphatic carbocycles. The zero-order valence-electron chi connectivity index (χ0n) is 9.68. The zero-order chi connectivity index (χ0) is 11.3. The van der Waals surface area contributed by atoms with Crippen molar-refractivity contribution < 1.29 is 9.90 Å². The second-order valence-electron chi connectivity index (χ2n) is 4.77. The lowest BCUT2D eigenvalue weighted by Gasteiger charge is -2.25. The largest absolute Gasteiger partial charge is 0.396 e. The average Bonchev–Trinajstić information content (AvgIpc) is 3.01. The number of hydrogen-bond donors (Lipinski definition) is 3. The highest BCUT2D eigenvalue weighted by molar-refractivity contribution is 5.78. The summed E-state index contributed by atoms with van der Waals surface area (Å²) < 4.78 is 0. The maximum absolute atomic E-state index is 11.3. The van der Waals surface area contributed by atoms with Crippen LogP contribution < -0.4 is 10.6 Å². The lowest BCUT2D eigenvalue weighted by molar-refractivity contribution is -0.120. The van der Waals surface area contributed by atoms with Crippen molar-refractivity contribution >= 4 is 5.91 Å². The third-order valence-corrected chi connectivity index (χ3v) is 3.02. The van der Waals surface area contributed by atoms with E-state index in [2.05, 4.69) is 10.6 Å². The summed E-state index contributed by atoms with van der Waals surface area (Å²) in [6.07, 6.45) is 3.14. The van der Waals surface area contributed by atoms with Gasteiger partial charge in [-0.15, -0.1) is 0 Å². The van der Waals surface area contributed by atoms with Gasteiger partial charge in [-0.3, -0.25) is 4.79 Å². The molecule has 88 valence electrons. The van der Waals surface area contributed by atoms with Crippen molar-refractivity contribution in [1.82, 2.24) is 10.6 Å². The third kappa shape index (κ3) is 4.62. The highest BCUT2D eigenvalue weighted by Crippen LogP contribution is 2.19. The molecule has 0 bridgehead atoms. The Morgan fingerprint density at radius 3 is 2.67 bits per heavy atom. The van der Waals surface area contributed by atoms with Gasteiger partial charge in [0, 0.05) is 24.6 Å². The zero-order valence-corrected chi connectivity index (χ0v) is 9.68. The first-order valence-corrected chi connectivity index (χ1v) is 5.70. The van der Waals surface area contributed by atoms with Gasteiger partial charge in [-0.05, 0) is 19.3 Å². The van der Waals surface area contributed by atoms with Crippen LogP contribution in [0.1, 0.15) is 33.1 Å². The average molecular weight is 214 g/mol. The molecular weight excluding hydrogens is 192 g/mol. The minimum absolute atomic E-state index is 0.0638. The number of aliphatic hydroxyl groups is 1. The Morgan fingerprint density at radius 2 is 2.20 bits per heavy atom. The van der Waals surface area contributed by atoms with E-state index in [1.165, 1.54) is 0 Å². The lowest BCUT2D eigenvalue weighted by Crippen LogP contribution is -2.40. The molecule has 0 aliphatic heterocycles. The molecule has 0 saturated heterocycles. The van der Waals surface area contributed by atoms with Crippen LogP contribution in [0.2, 0.25) is 0 Å². The topological polar surface area (TPSA) is 61.4 Å². The standard InChI is InChI=1S/C11H22N2O2/c1-3-11(2,8-14)7-12-6-10(15)13-9-4-5-9/h9,12,14H,3-8H2,1-2H3,(H,13,15). The van der Waals surface area contributed by atoms with Crippen LogP contribution >= 0.6 is 0 Å². The first kappa shape index (κ1) is 12.5. The Labute approximate surface area is 91.4 Å². The fraction of sp³-hybridized carbons (Fsp3) is 0.909. The van der Waals surface area contributed by atoms with E-state index in [-0.39, 0.29) is 17.9 Å². The second kappa shape index (κ2) is 5.47. The highest BCUT2D eigenvalue weighted by atomic mass is 16.3. The van der Waals surface area contributed by atoms with Crippen LogP contribution in [0, 0.1) is 5.41 Å². The number of amides is 1. The summed E-state index contributed by atoms with van der Waals surface area (Å²) in [4.78, 5) is 11.3. The fourth-order valence-electron chi connectivity index (χ4n) is 1.28. The minimum Gasteiger partial charge on any atom is -0.396 e. The molecule has 0 aromatic rings. The van der Waals surface area contributed by atoms with E-state index in [0.29, 0.717) is 19.1 Å². The smallest absolute Gasteiger partial charge is 0.234 e. The van der Waals surface area contributed by atoms with Gasteiger partial charge in [0.25, 0.3) is 0 Å². The lowest BCUT2D eigenvalue weighted by atomic mass is 9.89. The second-order valence-corrected chi connectivity index (χ2v) is 4.77. The van der Waals surface area contributed by atoms with Gasteiger partial charge in [0.05, 0.1) is 6.54 Å². The number of nitrogens with one attached hydrogen (secondary N) is 2. The minimum atomic E-state index is -0.111. The summed E-state index contributed by atoms with van der Waals surface area (Å²) in [5.41, 5.74) is -0.111. The van der Waals surface area contributed by atoms with Crippen molar-refractivity contribution in [3.63, 3.8) is 0 Å². The van der Waals surface area contributed by atoms with Crippen LogP contribution in [-0.4, -0.2) is 36.8 Å². The molecule has 1 aliphatic rings. The van der Waals surface area contributed by atoms with Crippen LogP contribution in [0.4, 0.5) is 0 Å². The molecule has 3 N–H and O–H groups in total. The van der Waals surface area contributed by atoms with Gasteiger partial charge in [0.15, 0.2) is 0 Å². The molecule has 0 spiro atoms. The number of hydrogen-bond acceptors (Lipinski definition) is 3. The Kier molecular flexibility index (Phi) is 4.54. The third-order valence-electron chi connectivity index (χ3n) is 3.02. The molecule has 4 heteroatoms. The van der Waals surface area contributed by atoms with Crippen LogP contribution in [-0.2, 0) is 4.79 Å². The van der Waals surface area contributed by atoms with Gasteiger partial charge in [-0.2, -0.15) is 0 Å². The van der Waals surface area contributed by atoms with E-state index in [4.69, 9.17) is 5.11 Å². The summed E-state index contributed by atoms with van der Waals surface area (Å²) in [5, 5.41) is 15.2. The van der Waals surface area contributed by atoms with Gasteiger partial charge in [-0.25, -0.2) is 0 Å². The van der Waals surface area contributed by atoms with Gasteiger partial charge in [0.2, 0.25) is 5.91 Å². The molecular formula is C11H22N2O2. The van der Waals surface area contributed by atoms with Crippen LogP contribution in [0.15, 0.2) is 0 Å². The van der Waals surface area contributed by atoms with Crippen molar-refractivity contribution in [2.24, 2.45) is 5.41 Å². The maximum Gasteiger partial charge on any atom is 0.234 e. The molecule has 1 atom stereocenters. The van der Waals surface area contributed by atoms with Gasteiger partial charge >= 0.3 is 0 Å². The van der Waals surface area contributed by atoms with Crippen LogP contribution in [0.5, 0.6) is 0 Å². The van der Waals surface area contributed by atoms with E-state index in [9.17, 15) is 4.79 Å². The molecule has 15 heavy (non-hydrogen) atoms. The quantitative estimate of drug-likeness (QED) is 0.570. The molecule has 1 saturated carbocycles. The first-order chi connectivity index (χ1) is 7.09. The van der Waals surface area contributed by atoms with E-state index in [1.54, 1.807) is 0 Å². The Balaban J connectivity index is 2.10. The molecule has 1 fully saturated rings. The van der Waals surface area contributed by atoms with E-state index in [1.807, 2.05) is 13.8 Å². The van der Waals surface area contributed by atoms with Gasteiger partial charge in [0.1, 0.15) is 0 Å². The van der Waals surface area contributed by atoms with E-state index in [0.717, 1.165) is 19.3 Å². The van der Waals surface area contributed by atoms with Gasteiger partial charge in [-0.1, -0.05) is 13.8 Å². The number of rotatable bonds is 7. The molecule has 0 radical (unpaired) electrons. The predicted molar refractivity (Wildman–Crippen MR) is 59.5 cm³/mol. The van der Waals surface area contributed by atoms with E-state index >= 15 is 0 Å². The Morgan fingerprint density at radius 1 is 1.53 bits per heavy atom. The van der Waals surface area contributed by atoms with Crippen molar-refractivity contribution in [2.75, 3.05) is 19.7 Å². The Bertz CT molecular complexity index is 211. The number of aliphatic hydroxyl groups excluding tert-OH is 1. The highest BCUT2D eigenvalue weighted by Gasteiger charge is 2.24. The molecule has 4 nitrogen and oxygen atoms in total. The number of carbonyl (C=O) groups excluding carboxylic acids is 1.